The van der Waals surface area contributed by atoms with Gasteiger partial charge in [-0.15, -0.1) is 6.58 Å². The molecule has 1 atom stereocenters. The number of aliphatic hydroxyl groups excluding tert-OH is 1. The first kappa shape index (κ1) is 10.7. The van der Waals surface area contributed by atoms with Gasteiger partial charge < -0.3 is 9.84 Å². The van der Waals surface area contributed by atoms with Crippen LogP contribution in [0.5, 0.6) is 0 Å². The molecule has 0 amide bonds. The van der Waals surface area contributed by atoms with Crippen molar-refractivity contribution in [3.8, 4) is 0 Å². The van der Waals surface area contributed by atoms with Gasteiger partial charge in [-0.2, -0.15) is 0 Å². The van der Waals surface area contributed by atoms with Crippen molar-refractivity contribution in [2.45, 2.75) is 32.3 Å². The van der Waals surface area contributed by atoms with Crippen molar-refractivity contribution in [2.24, 2.45) is 0 Å². The van der Waals surface area contributed by atoms with Gasteiger partial charge in [-0.05, 0) is 6.42 Å². The minimum atomic E-state index is -0.296. The van der Waals surface area contributed by atoms with E-state index in [4.69, 9.17) is 4.74 Å². The predicted octanol–water partition coefficient (Wildman–Crippen LogP) is 1.74. The van der Waals surface area contributed by atoms with Crippen LogP contribution in [0.25, 0.3) is 0 Å². The van der Waals surface area contributed by atoms with E-state index < -0.39 is 0 Å². The molecule has 0 saturated heterocycles. The van der Waals surface area contributed by atoms with Gasteiger partial charge in [-0.25, -0.2) is 0 Å². The lowest BCUT2D eigenvalue weighted by atomic mass is 10.2. The lowest BCUT2D eigenvalue weighted by Crippen LogP contribution is -2.14. The Bertz CT molecular complexity index is 91.6. The smallest absolute Gasteiger partial charge is 0.0773 e. The van der Waals surface area contributed by atoms with Crippen molar-refractivity contribution in [3.05, 3.63) is 12.7 Å². The Kier molecular flexibility index (Phi) is 7.52. The largest absolute Gasteiger partial charge is 0.391 e. The van der Waals surface area contributed by atoms with E-state index in [1.165, 1.54) is 0 Å². The third-order valence-electron chi connectivity index (χ3n) is 1.44. The summed E-state index contributed by atoms with van der Waals surface area (Å²) in [6.45, 7) is 6.59. The van der Waals surface area contributed by atoms with Crippen molar-refractivity contribution in [2.75, 3.05) is 13.2 Å². The molecule has 0 aromatic rings. The highest BCUT2D eigenvalue weighted by atomic mass is 16.5. The Morgan fingerprint density at radius 1 is 1.64 bits per heavy atom. The SMILES string of the molecule is C=CCOC[C@H](O)CCCC. The van der Waals surface area contributed by atoms with Crippen LogP contribution in [0.4, 0.5) is 0 Å². The van der Waals surface area contributed by atoms with Gasteiger partial charge >= 0.3 is 0 Å². The van der Waals surface area contributed by atoms with Gasteiger partial charge in [0.15, 0.2) is 0 Å². The molecule has 0 aromatic carbocycles. The van der Waals surface area contributed by atoms with Crippen LogP contribution in [0.2, 0.25) is 0 Å². The Hall–Kier alpha value is -0.340. The molecule has 0 aliphatic rings. The molecular weight excluding hydrogens is 140 g/mol. The normalized spacial score (nSPS) is 12.9. The maximum Gasteiger partial charge on any atom is 0.0773 e. The van der Waals surface area contributed by atoms with Crippen molar-refractivity contribution < 1.29 is 9.84 Å². The molecule has 0 radical (unpaired) electrons. The summed E-state index contributed by atoms with van der Waals surface area (Å²) in [5.74, 6) is 0. The molecule has 11 heavy (non-hydrogen) atoms. The molecule has 0 spiro atoms. The molecule has 2 nitrogen and oxygen atoms in total. The van der Waals surface area contributed by atoms with Gasteiger partial charge in [0.1, 0.15) is 0 Å². The van der Waals surface area contributed by atoms with Crippen LogP contribution in [-0.4, -0.2) is 24.4 Å². The average Bonchev–Trinajstić information content (AvgIpc) is 2.01. The number of hydrogen-bond acceptors (Lipinski definition) is 2. The summed E-state index contributed by atoms with van der Waals surface area (Å²) < 4.78 is 5.07. The first-order valence-electron chi connectivity index (χ1n) is 4.18. The van der Waals surface area contributed by atoms with Crippen molar-refractivity contribution in [3.63, 3.8) is 0 Å². The van der Waals surface area contributed by atoms with E-state index in [1.54, 1.807) is 6.08 Å². The molecule has 0 bridgehead atoms. The van der Waals surface area contributed by atoms with Gasteiger partial charge in [-0.1, -0.05) is 25.8 Å². The lowest BCUT2D eigenvalue weighted by Gasteiger charge is -2.08. The highest BCUT2D eigenvalue weighted by molar-refractivity contribution is 4.64. The molecule has 0 saturated carbocycles. The predicted molar refractivity (Wildman–Crippen MR) is 46.5 cm³/mol. The van der Waals surface area contributed by atoms with Gasteiger partial charge in [-0.3, -0.25) is 0 Å². The Morgan fingerprint density at radius 3 is 2.91 bits per heavy atom. The van der Waals surface area contributed by atoms with E-state index in [0.717, 1.165) is 19.3 Å². The quantitative estimate of drug-likeness (QED) is 0.451. The second-order valence-electron chi connectivity index (χ2n) is 2.62. The van der Waals surface area contributed by atoms with Crippen molar-refractivity contribution in [1.29, 1.82) is 0 Å². The first-order valence-corrected chi connectivity index (χ1v) is 4.18. The third-order valence-corrected chi connectivity index (χ3v) is 1.44. The lowest BCUT2D eigenvalue weighted by molar-refractivity contribution is 0.0434. The van der Waals surface area contributed by atoms with Gasteiger partial charge in [0, 0.05) is 0 Å². The highest BCUT2D eigenvalue weighted by Gasteiger charge is 2.01. The zero-order valence-corrected chi connectivity index (χ0v) is 7.25. The molecule has 0 fully saturated rings. The maximum absolute atomic E-state index is 9.25. The molecular formula is C9H18O2. The molecule has 0 heterocycles. The molecule has 0 aliphatic heterocycles. The number of rotatable bonds is 7. The molecule has 0 rings (SSSR count). The minimum Gasteiger partial charge on any atom is -0.391 e. The standard InChI is InChI=1S/C9H18O2/c1-3-5-6-9(10)8-11-7-4-2/h4,9-10H,2-3,5-8H2,1H3/t9-/m1/s1. The van der Waals surface area contributed by atoms with Crippen LogP contribution < -0.4 is 0 Å². The van der Waals surface area contributed by atoms with E-state index >= 15 is 0 Å². The Labute approximate surface area is 68.9 Å². The van der Waals surface area contributed by atoms with Crippen LogP contribution in [-0.2, 0) is 4.74 Å². The molecule has 0 aliphatic carbocycles. The van der Waals surface area contributed by atoms with Gasteiger partial charge in [0.2, 0.25) is 0 Å². The summed E-state index contributed by atoms with van der Waals surface area (Å²) >= 11 is 0. The molecule has 66 valence electrons. The molecule has 2 heteroatoms. The fourth-order valence-electron chi connectivity index (χ4n) is 0.810. The second kappa shape index (κ2) is 7.76. The Balaban J connectivity index is 3.08. The monoisotopic (exact) mass is 158 g/mol. The van der Waals surface area contributed by atoms with Gasteiger partial charge in [0.25, 0.3) is 0 Å². The number of ether oxygens (including phenoxy) is 1. The van der Waals surface area contributed by atoms with E-state index in [9.17, 15) is 5.11 Å². The van der Waals surface area contributed by atoms with Gasteiger partial charge in [0.05, 0.1) is 19.3 Å². The number of aliphatic hydroxyl groups is 1. The van der Waals surface area contributed by atoms with E-state index in [-0.39, 0.29) is 6.10 Å². The van der Waals surface area contributed by atoms with Crippen LogP contribution in [0, 0.1) is 0 Å². The first-order chi connectivity index (χ1) is 5.31. The van der Waals surface area contributed by atoms with Crippen molar-refractivity contribution in [1.82, 2.24) is 0 Å². The average molecular weight is 158 g/mol. The molecule has 0 unspecified atom stereocenters. The zero-order valence-electron chi connectivity index (χ0n) is 7.25. The van der Waals surface area contributed by atoms with E-state index in [0.29, 0.717) is 13.2 Å². The van der Waals surface area contributed by atoms with E-state index in [2.05, 4.69) is 13.5 Å². The number of unbranched alkanes of at least 4 members (excludes halogenated alkanes) is 1. The molecule has 1 N–H and O–H groups in total. The summed E-state index contributed by atoms with van der Waals surface area (Å²) in [5, 5.41) is 9.25. The van der Waals surface area contributed by atoms with Crippen LogP contribution in [0.1, 0.15) is 26.2 Å². The van der Waals surface area contributed by atoms with Crippen molar-refractivity contribution >= 4 is 0 Å². The van der Waals surface area contributed by atoms with Crippen LogP contribution >= 0.6 is 0 Å². The Morgan fingerprint density at radius 2 is 2.36 bits per heavy atom. The summed E-state index contributed by atoms with van der Waals surface area (Å²) in [6.07, 6.45) is 4.42. The second-order valence-corrected chi connectivity index (χ2v) is 2.62. The van der Waals surface area contributed by atoms with Crippen LogP contribution in [0.3, 0.4) is 0 Å². The minimum absolute atomic E-state index is 0.296. The summed E-state index contributed by atoms with van der Waals surface area (Å²) in [7, 11) is 0. The number of hydrogen-bond donors (Lipinski definition) is 1. The summed E-state index contributed by atoms with van der Waals surface area (Å²) in [4.78, 5) is 0. The molecule has 0 aromatic heterocycles. The maximum atomic E-state index is 9.25. The third kappa shape index (κ3) is 7.56. The van der Waals surface area contributed by atoms with Crippen LogP contribution in [0.15, 0.2) is 12.7 Å². The highest BCUT2D eigenvalue weighted by Crippen LogP contribution is 2.00. The summed E-state index contributed by atoms with van der Waals surface area (Å²) in [5.41, 5.74) is 0. The topological polar surface area (TPSA) is 29.5 Å². The fraction of sp³-hybridized carbons (Fsp3) is 0.778. The summed E-state index contributed by atoms with van der Waals surface area (Å²) in [6, 6.07) is 0. The van der Waals surface area contributed by atoms with E-state index in [1.807, 2.05) is 0 Å². The zero-order chi connectivity index (χ0) is 8.53. The fourth-order valence-corrected chi connectivity index (χ4v) is 0.810.